The maximum Gasteiger partial charge on any atom is 0.337 e. The number of nitrogens with zero attached hydrogens (tertiary/aromatic N) is 1. The van der Waals surface area contributed by atoms with Crippen molar-refractivity contribution in [3.63, 3.8) is 0 Å². The molecule has 0 saturated heterocycles. The van der Waals surface area contributed by atoms with Gasteiger partial charge in [0.25, 0.3) is 0 Å². The van der Waals surface area contributed by atoms with Crippen molar-refractivity contribution in [2.24, 2.45) is 0 Å². The smallest absolute Gasteiger partial charge is 0.337 e. The van der Waals surface area contributed by atoms with Crippen LogP contribution in [0.15, 0.2) is 33.7 Å². The molecule has 1 aromatic heterocycles. The zero-order valence-electron chi connectivity index (χ0n) is 10.8. The normalized spacial score (nSPS) is 11.5. The van der Waals surface area contributed by atoms with Gasteiger partial charge in [0.05, 0.1) is 28.2 Å². The lowest BCUT2D eigenvalue weighted by atomic mass is 10.2. The molecule has 7 nitrogen and oxygen atoms in total. The SMILES string of the molecule is Cc1cnc(CNS(=O)(=O)c2ccc(C(=O)O)c(Cl)c2)o1. The van der Waals surface area contributed by atoms with Crippen LogP contribution in [0.25, 0.3) is 0 Å². The molecule has 0 amide bonds. The Morgan fingerprint density at radius 1 is 1.48 bits per heavy atom. The fourth-order valence-corrected chi connectivity index (χ4v) is 2.89. The quantitative estimate of drug-likeness (QED) is 0.865. The molecule has 0 fully saturated rings. The van der Waals surface area contributed by atoms with Gasteiger partial charge >= 0.3 is 5.97 Å². The van der Waals surface area contributed by atoms with E-state index in [1.165, 1.54) is 12.3 Å². The number of oxazole rings is 1. The third-order valence-electron chi connectivity index (χ3n) is 2.56. The van der Waals surface area contributed by atoms with Gasteiger partial charge in [-0.2, -0.15) is 0 Å². The van der Waals surface area contributed by atoms with E-state index in [0.717, 1.165) is 12.1 Å². The molecule has 2 aromatic rings. The van der Waals surface area contributed by atoms with Gasteiger partial charge in [-0.15, -0.1) is 0 Å². The van der Waals surface area contributed by atoms with E-state index in [1.807, 2.05) is 0 Å². The molecule has 0 saturated carbocycles. The van der Waals surface area contributed by atoms with E-state index >= 15 is 0 Å². The minimum Gasteiger partial charge on any atom is -0.478 e. The van der Waals surface area contributed by atoms with Crippen LogP contribution in [0.3, 0.4) is 0 Å². The van der Waals surface area contributed by atoms with Gasteiger partial charge in [0, 0.05) is 0 Å². The van der Waals surface area contributed by atoms with Crippen molar-refractivity contribution in [1.29, 1.82) is 0 Å². The predicted octanol–water partition coefficient (Wildman–Crippen LogP) is 1.81. The van der Waals surface area contributed by atoms with Gasteiger partial charge in [-0.25, -0.2) is 22.9 Å². The number of carbonyl (C=O) groups is 1. The van der Waals surface area contributed by atoms with Gasteiger partial charge in [0.1, 0.15) is 5.76 Å². The molecule has 21 heavy (non-hydrogen) atoms. The highest BCUT2D eigenvalue weighted by molar-refractivity contribution is 7.89. The minimum atomic E-state index is -3.84. The molecule has 112 valence electrons. The van der Waals surface area contributed by atoms with Crippen LogP contribution in [0.5, 0.6) is 0 Å². The van der Waals surface area contributed by atoms with Crippen LogP contribution in [0.2, 0.25) is 5.02 Å². The number of halogens is 1. The summed E-state index contributed by atoms with van der Waals surface area (Å²) in [5.74, 6) is -0.436. The van der Waals surface area contributed by atoms with E-state index < -0.39 is 16.0 Å². The molecule has 0 aliphatic carbocycles. The van der Waals surface area contributed by atoms with Crippen molar-refractivity contribution in [2.45, 2.75) is 18.4 Å². The predicted molar refractivity (Wildman–Crippen MR) is 73.7 cm³/mol. The summed E-state index contributed by atoms with van der Waals surface area (Å²) in [7, 11) is -3.84. The summed E-state index contributed by atoms with van der Waals surface area (Å²) in [5.41, 5.74) is -0.168. The lowest BCUT2D eigenvalue weighted by Crippen LogP contribution is -2.23. The van der Waals surface area contributed by atoms with Crippen molar-refractivity contribution < 1.29 is 22.7 Å². The molecule has 0 radical (unpaired) electrons. The Morgan fingerprint density at radius 3 is 2.71 bits per heavy atom. The van der Waals surface area contributed by atoms with Crippen molar-refractivity contribution in [3.05, 3.63) is 46.6 Å². The molecule has 0 bridgehead atoms. The van der Waals surface area contributed by atoms with Crippen LogP contribution in [0.4, 0.5) is 0 Å². The highest BCUT2D eigenvalue weighted by Gasteiger charge is 2.18. The summed E-state index contributed by atoms with van der Waals surface area (Å²) in [4.78, 5) is 14.6. The van der Waals surface area contributed by atoms with Gasteiger partial charge in [-0.3, -0.25) is 0 Å². The molecular formula is C12H11ClN2O5S. The van der Waals surface area contributed by atoms with Gasteiger partial charge in [0.2, 0.25) is 15.9 Å². The summed E-state index contributed by atoms with van der Waals surface area (Å²) in [6.07, 6.45) is 1.47. The molecule has 2 N–H and O–H groups in total. The van der Waals surface area contributed by atoms with Gasteiger partial charge in [-0.1, -0.05) is 11.6 Å². The maximum absolute atomic E-state index is 12.1. The summed E-state index contributed by atoms with van der Waals surface area (Å²) in [6, 6.07) is 3.38. The van der Waals surface area contributed by atoms with Gasteiger partial charge in [-0.05, 0) is 25.1 Å². The first-order valence-corrected chi connectivity index (χ1v) is 7.59. The number of hydrogen-bond donors (Lipinski definition) is 2. The number of carboxylic acid groups (broad SMARTS) is 1. The average molecular weight is 331 g/mol. The number of aryl methyl sites for hydroxylation is 1. The fraction of sp³-hybridized carbons (Fsp3) is 0.167. The first-order chi connectivity index (χ1) is 9.79. The second-order valence-electron chi connectivity index (χ2n) is 4.14. The maximum atomic E-state index is 12.1. The Morgan fingerprint density at radius 2 is 2.19 bits per heavy atom. The Labute approximate surface area is 125 Å². The van der Waals surface area contributed by atoms with E-state index in [9.17, 15) is 13.2 Å². The number of rotatable bonds is 5. The molecule has 0 unspecified atom stereocenters. The molecule has 2 rings (SSSR count). The second-order valence-corrected chi connectivity index (χ2v) is 6.31. The van der Waals surface area contributed by atoms with Crippen molar-refractivity contribution in [2.75, 3.05) is 0 Å². The number of aromatic carboxylic acids is 1. The molecular weight excluding hydrogens is 320 g/mol. The lowest BCUT2D eigenvalue weighted by Gasteiger charge is -2.06. The van der Waals surface area contributed by atoms with E-state index in [-0.39, 0.29) is 27.9 Å². The van der Waals surface area contributed by atoms with Crippen LogP contribution >= 0.6 is 11.6 Å². The standard InChI is InChI=1S/C12H11ClN2O5S/c1-7-5-14-11(20-7)6-15-21(18,19)8-2-3-9(12(16)17)10(13)4-8/h2-5,15H,6H2,1H3,(H,16,17). The summed E-state index contributed by atoms with van der Waals surface area (Å²) < 4.78 is 31.6. The molecule has 0 aliphatic heterocycles. The highest BCUT2D eigenvalue weighted by atomic mass is 35.5. The van der Waals surface area contributed by atoms with Crippen molar-refractivity contribution >= 4 is 27.6 Å². The number of benzene rings is 1. The Bertz CT molecular complexity index is 785. The number of carboxylic acids is 1. The van der Waals surface area contributed by atoms with Crippen LogP contribution in [0, 0.1) is 6.92 Å². The second kappa shape index (κ2) is 5.84. The zero-order chi connectivity index (χ0) is 15.6. The minimum absolute atomic E-state index is 0.117. The number of aromatic nitrogens is 1. The Kier molecular flexibility index (Phi) is 4.31. The average Bonchev–Trinajstić information content (AvgIpc) is 2.82. The van der Waals surface area contributed by atoms with E-state index in [0.29, 0.717) is 5.76 Å². The van der Waals surface area contributed by atoms with Crippen LogP contribution in [0.1, 0.15) is 22.0 Å². The highest BCUT2D eigenvalue weighted by Crippen LogP contribution is 2.21. The zero-order valence-corrected chi connectivity index (χ0v) is 12.4. The summed E-state index contributed by atoms with van der Waals surface area (Å²) in [5, 5.41) is 8.69. The lowest BCUT2D eigenvalue weighted by molar-refractivity contribution is 0.0697. The molecule has 0 aliphatic rings. The van der Waals surface area contributed by atoms with Crippen LogP contribution in [-0.4, -0.2) is 24.5 Å². The third-order valence-corrected chi connectivity index (χ3v) is 4.28. The van der Waals surface area contributed by atoms with E-state index in [2.05, 4.69) is 9.71 Å². The van der Waals surface area contributed by atoms with Crippen LogP contribution in [-0.2, 0) is 16.6 Å². The summed E-state index contributed by atoms with van der Waals surface area (Å²) >= 11 is 5.75. The fourth-order valence-electron chi connectivity index (χ4n) is 1.56. The molecule has 1 heterocycles. The van der Waals surface area contributed by atoms with Crippen molar-refractivity contribution in [1.82, 2.24) is 9.71 Å². The van der Waals surface area contributed by atoms with E-state index in [4.69, 9.17) is 21.1 Å². The summed E-state index contributed by atoms with van der Waals surface area (Å²) in [6.45, 7) is 1.57. The van der Waals surface area contributed by atoms with Crippen molar-refractivity contribution in [3.8, 4) is 0 Å². The number of nitrogens with one attached hydrogen (secondary N) is 1. The van der Waals surface area contributed by atoms with Crippen LogP contribution < -0.4 is 4.72 Å². The Hall–Kier alpha value is -1.90. The monoisotopic (exact) mass is 330 g/mol. The Balaban J connectivity index is 2.19. The topological polar surface area (TPSA) is 110 Å². The van der Waals surface area contributed by atoms with E-state index in [1.54, 1.807) is 6.92 Å². The largest absolute Gasteiger partial charge is 0.478 e. The number of hydrogen-bond acceptors (Lipinski definition) is 5. The van der Waals surface area contributed by atoms with Gasteiger partial charge < -0.3 is 9.52 Å². The molecule has 0 atom stereocenters. The molecule has 1 aromatic carbocycles. The molecule has 9 heteroatoms. The van der Waals surface area contributed by atoms with Gasteiger partial charge in [0.15, 0.2) is 0 Å². The first kappa shape index (κ1) is 15.5. The third kappa shape index (κ3) is 3.60. The first-order valence-electron chi connectivity index (χ1n) is 5.73. The number of sulfonamides is 1. The molecule has 0 spiro atoms.